The number of anilines is 1. The minimum atomic E-state index is -0.851. The van der Waals surface area contributed by atoms with Gasteiger partial charge in [0.15, 0.2) is 0 Å². The highest BCUT2D eigenvalue weighted by atomic mass is 16.4. The SMILES string of the molecule is CC1(C)CCCN(c2ccc(C(N)=O)cn2)C1C(=O)O. The second-order valence-corrected chi connectivity index (χ2v) is 5.80. The lowest BCUT2D eigenvalue weighted by Gasteiger charge is -2.44. The molecule has 1 unspecified atom stereocenters. The average molecular weight is 277 g/mol. The van der Waals surface area contributed by atoms with E-state index in [0.29, 0.717) is 17.9 Å². The maximum atomic E-state index is 11.6. The zero-order valence-corrected chi connectivity index (χ0v) is 11.7. The minimum Gasteiger partial charge on any atom is -0.480 e. The molecule has 1 amide bonds. The molecule has 1 aliphatic heterocycles. The van der Waals surface area contributed by atoms with E-state index in [2.05, 4.69) is 4.98 Å². The van der Waals surface area contributed by atoms with Gasteiger partial charge in [-0.2, -0.15) is 0 Å². The maximum absolute atomic E-state index is 11.6. The molecule has 0 spiro atoms. The van der Waals surface area contributed by atoms with Gasteiger partial charge in [0.1, 0.15) is 11.9 Å². The molecular formula is C14H19N3O3. The maximum Gasteiger partial charge on any atom is 0.326 e. The van der Waals surface area contributed by atoms with Crippen molar-refractivity contribution in [3.63, 3.8) is 0 Å². The van der Waals surface area contributed by atoms with E-state index in [9.17, 15) is 14.7 Å². The number of carbonyl (C=O) groups is 2. The van der Waals surface area contributed by atoms with Crippen molar-refractivity contribution in [2.24, 2.45) is 11.1 Å². The van der Waals surface area contributed by atoms with Gasteiger partial charge in [-0.15, -0.1) is 0 Å². The Morgan fingerprint density at radius 1 is 1.45 bits per heavy atom. The number of nitrogens with zero attached hydrogens (tertiary/aromatic N) is 2. The molecule has 2 rings (SSSR count). The van der Waals surface area contributed by atoms with Crippen LogP contribution >= 0.6 is 0 Å². The van der Waals surface area contributed by atoms with Crippen molar-refractivity contribution < 1.29 is 14.7 Å². The second kappa shape index (κ2) is 5.11. The fraction of sp³-hybridized carbons (Fsp3) is 0.500. The number of rotatable bonds is 3. The van der Waals surface area contributed by atoms with Gasteiger partial charge in [0, 0.05) is 12.7 Å². The number of aromatic nitrogens is 1. The number of hydrogen-bond donors (Lipinski definition) is 2. The predicted molar refractivity (Wildman–Crippen MR) is 74.5 cm³/mol. The Bertz CT molecular complexity index is 525. The first-order valence-corrected chi connectivity index (χ1v) is 6.58. The Kier molecular flexibility index (Phi) is 3.65. The predicted octanol–water partition coefficient (Wildman–Crippen LogP) is 1.26. The van der Waals surface area contributed by atoms with E-state index in [4.69, 9.17) is 5.73 Å². The number of primary amides is 1. The minimum absolute atomic E-state index is 0.317. The highest BCUT2D eigenvalue weighted by Gasteiger charge is 2.43. The Balaban J connectivity index is 2.34. The van der Waals surface area contributed by atoms with Gasteiger partial charge >= 0.3 is 5.97 Å². The van der Waals surface area contributed by atoms with Gasteiger partial charge < -0.3 is 15.7 Å². The summed E-state index contributed by atoms with van der Waals surface area (Å²) in [5.41, 5.74) is 5.17. The first-order chi connectivity index (χ1) is 9.33. The summed E-state index contributed by atoms with van der Waals surface area (Å²) in [6, 6.07) is 2.60. The van der Waals surface area contributed by atoms with Crippen molar-refractivity contribution in [1.82, 2.24) is 4.98 Å². The topological polar surface area (TPSA) is 96.5 Å². The number of piperidine rings is 1. The molecule has 6 heteroatoms. The number of aliphatic carboxylic acids is 1. The third kappa shape index (κ3) is 2.59. The van der Waals surface area contributed by atoms with Crippen LogP contribution in [0.15, 0.2) is 18.3 Å². The summed E-state index contributed by atoms with van der Waals surface area (Å²) < 4.78 is 0. The Morgan fingerprint density at radius 3 is 2.65 bits per heavy atom. The molecular weight excluding hydrogens is 258 g/mol. The van der Waals surface area contributed by atoms with Crippen molar-refractivity contribution in [1.29, 1.82) is 0 Å². The van der Waals surface area contributed by atoms with E-state index in [-0.39, 0.29) is 5.41 Å². The van der Waals surface area contributed by atoms with E-state index >= 15 is 0 Å². The molecule has 1 aliphatic rings. The second-order valence-electron chi connectivity index (χ2n) is 5.80. The summed E-state index contributed by atoms with van der Waals surface area (Å²) >= 11 is 0. The highest BCUT2D eigenvalue weighted by molar-refractivity contribution is 5.92. The van der Waals surface area contributed by atoms with Crippen LogP contribution in [0.5, 0.6) is 0 Å². The molecule has 2 heterocycles. The molecule has 0 saturated carbocycles. The van der Waals surface area contributed by atoms with Gasteiger partial charge in [-0.1, -0.05) is 13.8 Å². The van der Waals surface area contributed by atoms with Crippen molar-refractivity contribution in [3.05, 3.63) is 23.9 Å². The van der Waals surface area contributed by atoms with Crippen LogP contribution in [-0.4, -0.2) is 34.6 Å². The first kappa shape index (κ1) is 14.3. The zero-order valence-electron chi connectivity index (χ0n) is 11.7. The molecule has 1 aromatic rings. The Labute approximate surface area is 117 Å². The van der Waals surface area contributed by atoms with Crippen molar-refractivity contribution in [2.75, 3.05) is 11.4 Å². The quantitative estimate of drug-likeness (QED) is 0.867. The first-order valence-electron chi connectivity index (χ1n) is 6.58. The van der Waals surface area contributed by atoms with Gasteiger partial charge in [-0.3, -0.25) is 4.79 Å². The van der Waals surface area contributed by atoms with Crippen LogP contribution in [0.4, 0.5) is 5.82 Å². The van der Waals surface area contributed by atoms with E-state index in [1.54, 1.807) is 17.0 Å². The lowest BCUT2D eigenvalue weighted by molar-refractivity contribution is -0.142. The average Bonchev–Trinajstić information content (AvgIpc) is 2.36. The molecule has 0 radical (unpaired) electrons. The summed E-state index contributed by atoms with van der Waals surface area (Å²) in [4.78, 5) is 28.6. The third-order valence-corrected chi connectivity index (χ3v) is 3.83. The molecule has 1 fully saturated rings. The molecule has 1 aromatic heterocycles. The number of carbonyl (C=O) groups excluding carboxylic acids is 1. The van der Waals surface area contributed by atoms with E-state index < -0.39 is 17.9 Å². The van der Waals surface area contributed by atoms with Crippen LogP contribution in [-0.2, 0) is 4.79 Å². The van der Waals surface area contributed by atoms with Gasteiger partial charge in [0.25, 0.3) is 0 Å². The zero-order chi connectivity index (χ0) is 14.9. The van der Waals surface area contributed by atoms with Gasteiger partial charge in [0.2, 0.25) is 5.91 Å². The fourth-order valence-corrected chi connectivity index (χ4v) is 2.81. The van der Waals surface area contributed by atoms with Crippen molar-refractivity contribution in [3.8, 4) is 0 Å². The standard InChI is InChI=1S/C14H19N3O3/c1-14(2)6-3-7-17(11(14)13(19)20)10-5-4-9(8-16-10)12(15)18/h4-5,8,11H,3,6-7H2,1-2H3,(H2,15,18)(H,19,20). The van der Waals surface area contributed by atoms with E-state index in [1.807, 2.05) is 13.8 Å². The number of hydrogen-bond acceptors (Lipinski definition) is 4. The number of pyridine rings is 1. The lowest BCUT2D eigenvalue weighted by Crippen LogP contribution is -2.54. The molecule has 108 valence electrons. The molecule has 0 bridgehead atoms. The van der Waals surface area contributed by atoms with Crippen LogP contribution in [0.2, 0.25) is 0 Å². The number of carboxylic acids is 1. The van der Waals surface area contributed by atoms with Gasteiger partial charge in [-0.25, -0.2) is 9.78 Å². The van der Waals surface area contributed by atoms with Gasteiger partial charge in [-0.05, 0) is 30.4 Å². The summed E-state index contributed by atoms with van der Waals surface area (Å²) in [6.07, 6.45) is 3.16. The van der Waals surface area contributed by atoms with E-state index in [0.717, 1.165) is 12.8 Å². The molecule has 1 saturated heterocycles. The molecule has 6 nitrogen and oxygen atoms in total. The van der Waals surface area contributed by atoms with Crippen molar-refractivity contribution >= 4 is 17.7 Å². The third-order valence-electron chi connectivity index (χ3n) is 3.83. The van der Waals surface area contributed by atoms with E-state index in [1.165, 1.54) is 6.20 Å². The van der Waals surface area contributed by atoms with Crippen LogP contribution in [0, 0.1) is 5.41 Å². The fourth-order valence-electron chi connectivity index (χ4n) is 2.81. The van der Waals surface area contributed by atoms with Crippen LogP contribution in [0.1, 0.15) is 37.0 Å². The van der Waals surface area contributed by atoms with Crippen molar-refractivity contribution in [2.45, 2.75) is 32.7 Å². The summed E-state index contributed by atoms with van der Waals surface area (Å²) in [5.74, 6) is -0.830. The molecule has 0 aliphatic carbocycles. The highest BCUT2D eigenvalue weighted by Crippen LogP contribution is 2.37. The van der Waals surface area contributed by atoms with Crippen LogP contribution in [0.3, 0.4) is 0 Å². The van der Waals surface area contributed by atoms with Gasteiger partial charge in [0.05, 0.1) is 5.56 Å². The number of amides is 1. The molecule has 3 N–H and O–H groups in total. The normalized spacial score (nSPS) is 21.5. The summed E-state index contributed by atoms with van der Waals surface area (Å²) in [5, 5.41) is 9.50. The van der Waals surface area contributed by atoms with Crippen LogP contribution in [0.25, 0.3) is 0 Å². The molecule has 0 aromatic carbocycles. The summed E-state index contributed by atoms with van der Waals surface area (Å²) in [7, 11) is 0. The smallest absolute Gasteiger partial charge is 0.326 e. The Morgan fingerprint density at radius 2 is 2.15 bits per heavy atom. The van der Waals surface area contributed by atoms with Crippen LogP contribution < -0.4 is 10.6 Å². The largest absolute Gasteiger partial charge is 0.480 e. The monoisotopic (exact) mass is 277 g/mol. The lowest BCUT2D eigenvalue weighted by atomic mass is 9.76. The summed E-state index contributed by atoms with van der Waals surface area (Å²) in [6.45, 7) is 4.55. The number of carboxylic acid groups (broad SMARTS) is 1. The Hall–Kier alpha value is -2.11. The molecule has 1 atom stereocenters. The molecule has 20 heavy (non-hydrogen) atoms. The number of nitrogens with two attached hydrogens (primary N) is 1.